The Hall–Kier alpha value is -3.21. The van der Waals surface area contributed by atoms with Gasteiger partial charge in [0.1, 0.15) is 11.5 Å². The molecule has 4 bridgehead atoms. The highest BCUT2D eigenvalue weighted by Gasteiger charge is 2.54. The first-order valence-corrected chi connectivity index (χ1v) is 23.1. The second-order valence-corrected chi connectivity index (χ2v) is 21.0. The summed E-state index contributed by atoms with van der Waals surface area (Å²) in [6.07, 6.45) is 13.8. The van der Waals surface area contributed by atoms with E-state index in [2.05, 4.69) is 0 Å². The Morgan fingerprint density at radius 2 is 0.906 bits per heavy atom. The number of hydrogen-bond acceptors (Lipinski definition) is 13. The van der Waals surface area contributed by atoms with E-state index in [0.29, 0.717) is 17.3 Å². The number of benzene rings is 2. The second kappa shape index (κ2) is 16.3. The van der Waals surface area contributed by atoms with Crippen molar-refractivity contribution in [2.45, 2.75) is 86.8 Å². The maximum Gasteiger partial charge on any atom is 0.311 e. The van der Waals surface area contributed by atoms with Gasteiger partial charge in [0.15, 0.2) is 19.7 Å². The third kappa shape index (κ3) is 10.7. The summed E-state index contributed by atoms with van der Waals surface area (Å²) in [6.45, 7) is 0.867. The highest BCUT2D eigenvalue weighted by atomic mass is 32.2. The fourth-order valence-electron chi connectivity index (χ4n) is 7.95. The predicted octanol–water partition coefficient (Wildman–Crippen LogP) is 5.25. The van der Waals surface area contributed by atoms with Gasteiger partial charge in [0, 0.05) is 17.9 Å². The Bertz CT molecular complexity index is 1890. The molecule has 2 aromatic rings. The molecule has 0 heterocycles. The molecule has 0 atom stereocenters. The van der Waals surface area contributed by atoms with Gasteiger partial charge in [-0.15, -0.1) is 0 Å². The van der Waals surface area contributed by atoms with E-state index >= 15 is 0 Å². The van der Waals surface area contributed by atoms with Crippen LogP contribution in [0.15, 0.2) is 58.3 Å². The molecule has 0 radical (unpaired) electrons. The van der Waals surface area contributed by atoms with Crippen molar-refractivity contribution in [1.29, 1.82) is 0 Å². The van der Waals surface area contributed by atoms with E-state index in [1.807, 2.05) is 0 Å². The summed E-state index contributed by atoms with van der Waals surface area (Å²) in [5.41, 5.74) is -0.515. The molecule has 16 heteroatoms. The lowest BCUT2D eigenvalue weighted by Crippen LogP contribution is -2.48. The quantitative estimate of drug-likeness (QED) is 0.242. The Kier molecular flexibility index (Phi) is 13.0. The number of phenolic OH excluding ortho intramolecular Hbond substituents is 1. The molecule has 296 valence electrons. The molecule has 1 N–H and O–H groups in total. The number of rotatable bonds is 10. The van der Waals surface area contributed by atoms with Crippen LogP contribution in [0.2, 0.25) is 0 Å². The Morgan fingerprint density at radius 1 is 0.566 bits per heavy atom. The number of carbonyl (C=O) groups is 2. The van der Waals surface area contributed by atoms with E-state index < -0.39 is 29.8 Å². The van der Waals surface area contributed by atoms with Crippen LogP contribution in [0.25, 0.3) is 0 Å². The summed E-state index contributed by atoms with van der Waals surface area (Å²) in [4.78, 5) is 24.4. The molecule has 8 rings (SSSR count). The Labute approximate surface area is 313 Å². The Balaban J connectivity index is 0.000000191. The number of hydrogen-bond donors (Lipinski definition) is 1. The van der Waals surface area contributed by atoms with Crippen LogP contribution in [-0.4, -0.2) is 88.5 Å². The first-order chi connectivity index (χ1) is 24.6. The molecule has 0 aromatic heterocycles. The lowest BCUT2D eigenvalue weighted by molar-refractivity contribution is -0.164. The minimum atomic E-state index is -3.38. The normalized spacial score (nSPS) is 27.6. The van der Waals surface area contributed by atoms with E-state index in [-0.39, 0.29) is 50.9 Å². The number of esters is 2. The van der Waals surface area contributed by atoms with Crippen molar-refractivity contribution in [3.05, 3.63) is 48.5 Å². The monoisotopic (exact) mass is 800 g/mol. The highest BCUT2D eigenvalue weighted by Crippen LogP contribution is 2.58. The van der Waals surface area contributed by atoms with Crippen molar-refractivity contribution in [3.63, 3.8) is 0 Å². The van der Waals surface area contributed by atoms with E-state index in [9.17, 15) is 34.8 Å². The van der Waals surface area contributed by atoms with Crippen LogP contribution in [0.4, 0.5) is 0 Å². The lowest BCUT2D eigenvalue weighted by atomic mass is 9.54. The molecular weight excluding hydrogens is 749 g/mol. The standard InChI is InChI=1S/C18H24O5S.C12H20O5S.C7H8O3S/c1-22-16(19)18-10-7-17(8-11-18,9-12-18)13-23-14-3-5-15(6-4-14)24(2,20)21;1-16-10(13)12-6-3-11(4-7-12,5-8-12)9-17-18(2,14)15;1-11(9,10)7-4-2-6(8)3-5-7/h3-6H,7-13H2,1-2H3;3-9H2,1-2H3;2-5,8H,1H3. The van der Waals surface area contributed by atoms with Crippen LogP contribution in [0.5, 0.6) is 11.5 Å². The van der Waals surface area contributed by atoms with Gasteiger partial charge in [0.05, 0.1) is 54.3 Å². The summed E-state index contributed by atoms with van der Waals surface area (Å²) >= 11 is 0. The predicted molar refractivity (Wildman–Crippen MR) is 196 cm³/mol. The first kappa shape index (κ1) is 42.5. The van der Waals surface area contributed by atoms with Crippen LogP contribution in [0, 0.1) is 21.7 Å². The van der Waals surface area contributed by atoms with Crippen LogP contribution in [0.1, 0.15) is 77.0 Å². The smallest absolute Gasteiger partial charge is 0.311 e. The SMILES string of the molecule is COC(=O)C12CCC(COS(C)(=O)=O)(CC1)CC2.COC(=O)C12CCC(COc3ccc(S(C)(=O)=O)cc3)(CC1)CC2.CS(=O)(=O)c1ccc(O)cc1. The zero-order chi connectivity index (χ0) is 39.3. The van der Waals surface area contributed by atoms with Gasteiger partial charge in [0.25, 0.3) is 10.1 Å². The van der Waals surface area contributed by atoms with Crippen LogP contribution >= 0.6 is 0 Å². The van der Waals surface area contributed by atoms with Crippen molar-refractivity contribution >= 4 is 41.7 Å². The third-order valence-corrected chi connectivity index (χ3v) is 14.5. The number of carbonyl (C=O) groups excluding carboxylic acids is 2. The fourth-order valence-corrected chi connectivity index (χ4v) is 9.67. The van der Waals surface area contributed by atoms with E-state index in [0.717, 1.165) is 89.6 Å². The van der Waals surface area contributed by atoms with Crippen LogP contribution in [0.3, 0.4) is 0 Å². The van der Waals surface area contributed by atoms with E-state index in [4.69, 9.17) is 23.5 Å². The molecule has 6 saturated carbocycles. The average molecular weight is 801 g/mol. The van der Waals surface area contributed by atoms with Crippen molar-refractivity contribution in [2.24, 2.45) is 21.7 Å². The molecule has 13 nitrogen and oxygen atoms in total. The van der Waals surface area contributed by atoms with Gasteiger partial charge in [-0.25, -0.2) is 16.8 Å². The molecule has 0 unspecified atom stereocenters. The molecule has 6 aliphatic rings. The van der Waals surface area contributed by atoms with Gasteiger partial charge in [-0.3, -0.25) is 13.8 Å². The molecule has 6 fully saturated rings. The summed E-state index contributed by atoms with van der Waals surface area (Å²) in [5, 5.41) is 8.83. The lowest BCUT2D eigenvalue weighted by Gasteiger charge is -2.51. The largest absolute Gasteiger partial charge is 0.508 e. The Morgan fingerprint density at radius 3 is 1.23 bits per heavy atom. The number of methoxy groups -OCH3 is 2. The van der Waals surface area contributed by atoms with Gasteiger partial charge in [-0.1, -0.05) is 0 Å². The maximum absolute atomic E-state index is 12.0. The van der Waals surface area contributed by atoms with Crippen LogP contribution < -0.4 is 4.74 Å². The second-order valence-electron chi connectivity index (χ2n) is 15.3. The number of phenols is 1. The molecule has 0 spiro atoms. The number of fused-ring (bicyclic) bond motifs is 6. The van der Waals surface area contributed by atoms with Gasteiger partial charge in [-0.05, 0) is 131 Å². The van der Waals surface area contributed by atoms with Gasteiger partial charge in [0.2, 0.25) is 0 Å². The first-order valence-electron chi connectivity index (χ1n) is 17.5. The molecule has 2 aromatic carbocycles. The van der Waals surface area contributed by atoms with E-state index in [1.54, 1.807) is 24.3 Å². The summed E-state index contributed by atoms with van der Waals surface area (Å²) in [5.74, 6) is 0.581. The third-order valence-electron chi connectivity index (χ3n) is 11.7. The summed E-state index contributed by atoms with van der Waals surface area (Å²) in [6, 6.07) is 12.0. The van der Waals surface area contributed by atoms with Crippen molar-refractivity contribution < 1.29 is 58.3 Å². The number of aromatic hydroxyl groups is 1. The minimum Gasteiger partial charge on any atom is -0.508 e. The number of ether oxygens (including phenoxy) is 3. The fraction of sp³-hybridized carbons (Fsp3) is 0.622. The zero-order valence-electron chi connectivity index (χ0n) is 31.1. The van der Waals surface area contributed by atoms with Gasteiger partial charge >= 0.3 is 11.9 Å². The number of sulfone groups is 2. The molecule has 0 amide bonds. The van der Waals surface area contributed by atoms with Crippen molar-refractivity contribution in [1.82, 2.24) is 0 Å². The molecule has 0 aliphatic heterocycles. The van der Waals surface area contributed by atoms with Gasteiger partial charge in [-0.2, -0.15) is 8.42 Å². The van der Waals surface area contributed by atoms with Crippen molar-refractivity contribution in [3.8, 4) is 11.5 Å². The molecular formula is C37H52O13S3. The topological polar surface area (TPSA) is 194 Å². The zero-order valence-corrected chi connectivity index (χ0v) is 33.5. The maximum atomic E-state index is 12.0. The summed E-state index contributed by atoms with van der Waals surface area (Å²) < 4.78 is 87.6. The average Bonchev–Trinajstić information content (AvgIpc) is 3.14. The summed E-state index contributed by atoms with van der Waals surface area (Å²) in [7, 11) is -6.80. The minimum absolute atomic E-state index is 0.0567. The van der Waals surface area contributed by atoms with E-state index in [1.165, 1.54) is 44.7 Å². The van der Waals surface area contributed by atoms with Gasteiger partial charge < -0.3 is 19.3 Å². The molecule has 53 heavy (non-hydrogen) atoms. The molecule has 6 aliphatic carbocycles. The highest BCUT2D eigenvalue weighted by molar-refractivity contribution is 7.91. The van der Waals surface area contributed by atoms with Crippen molar-refractivity contribution in [2.75, 3.05) is 46.2 Å². The van der Waals surface area contributed by atoms with Crippen LogP contribution in [-0.2, 0) is 53.0 Å². The molecule has 0 saturated heterocycles.